The molecule has 218 valence electrons. The van der Waals surface area contributed by atoms with Gasteiger partial charge in [0.15, 0.2) is 0 Å². The number of nitrogens with zero attached hydrogens (tertiary/aromatic N) is 2. The molecule has 1 spiro atoms. The molecule has 0 saturated carbocycles. The maximum atomic E-state index is 14.8. The number of esters is 1. The van der Waals surface area contributed by atoms with Crippen LogP contribution in [0.5, 0.6) is 5.75 Å². The molecule has 2 unspecified atom stereocenters. The average Bonchev–Trinajstić information content (AvgIpc) is 3.55. The largest absolute Gasteiger partial charge is 0.497 e. The van der Waals surface area contributed by atoms with Crippen LogP contribution in [0.2, 0.25) is 0 Å². The summed E-state index contributed by atoms with van der Waals surface area (Å²) in [5, 5.41) is 10.7. The first-order chi connectivity index (χ1) is 19.7. The minimum Gasteiger partial charge on any atom is -0.497 e. The number of benzene rings is 2. The number of ether oxygens (including phenoxy) is 2. The van der Waals surface area contributed by atoms with Gasteiger partial charge in [0.25, 0.3) is 5.91 Å². The van der Waals surface area contributed by atoms with Gasteiger partial charge >= 0.3 is 5.97 Å². The Hall–Kier alpha value is -3.30. The Morgan fingerprint density at radius 3 is 2.51 bits per heavy atom. The molecular formula is C32H38N2O6S. The lowest BCUT2D eigenvalue weighted by molar-refractivity contribution is -0.155. The van der Waals surface area contributed by atoms with Gasteiger partial charge < -0.3 is 24.4 Å². The van der Waals surface area contributed by atoms with E-state index in [9.17, 15) is 19.5 Å². The van der Waals surface area contributed by atoms with E-state index in [4.69, 9.17) is 9.47 Å². The molecule has 2 aromatic carbocycles. The average molecular weight is 579 g/mol. The first-order valence-corrected chi connectivity index (χ1v) is 15.0. The number of thioether (sulfide) groups is 1. The van der Waals surface area contributed by atoms with Gasteiger partial charge in [0.05, 0.1) is 42.9 Å². The zero-order chi connectivity index (χ0) is 29.4. The van der Waals surface area contributed by atoms with Crippen LogP contribution in [0.15, 0.2) is 67.3 Å². The number of hydrogen-bond donors (Lipinski definition) is 1. The van der Waals surface area contributed by atoms with Gasteiger partial charge in [-0.3, -0.25) is 14.4 Å². The highest BCUT2D eigenvalue weighted by Gasteiger charge is 2.78. The molecule has 6 atom stereocenters. The number of rotatable bonds is 11. The maximum Gasteiger partial charge on any atom is 0.311 e. The fourth-order valence-electron chi connectivity index (χ4n) is 7.12. The minimum absolute atomic E-state index is 0.216. The molecule has 1 N–H and O–H groups in total. The van der Waals surface area contributed by atoms with E-state index >= 15 is 0 Å². The number of likely N-dealkylation sites (tertiary alicyclic amines) is 1. The minimum atomic E-state index is -0.880. The van der Waals surface area contributed by atoms with Crippen molar-refractivity contribution in [2.24, 2.45) is 11.8 Å². The predicted molar refractivity (Wildman–Crippen MR) is 159 cm³/mol. The summed E-state index contributed by atoms with van der Waals surface area (Å²) in [5.74, 6) is -1.63. The molecule has 5 rings (SSSR count). The number of aliphatic hydroxyl groups is 1. The Kier molecular flexibility index (Phi) is 8.21. The summed E-state index contributed by atoms with van der Waals surface area (Å²) in [4.78, 5) is 45.9. The van der Waals surface area contributed by atoms with E-state index in [1.54, 1.807) is 53.8 Å². The van der Waals surface area contributed by atoms with E-state index < -0.39 is 39.4 Å². The number of anilines is 1. The van der Waals surface area contributed by atoms with E-state index in [2.05, 4.69) is 6.58 Å². The molecule has 0 radical (unpaired) electrons. The second-order valence-corrected chi connectivity index (χ2v) is 13.1. The van der Waals surface area contributed by atoms with Crippen LogP contribution in [-0.2, 0) is 25.5 Å². The summed E-state index contributed by atoms with van der Waals surface area (Å²) in [5.41, 5.74) is 1.60. The Morgan fingerprint density at radius 1 is 1.20 bits per heavy atom. The Labute approximate surface area is 245 Å². The molecular weight excluding hydrogens is 540 g/mol. The summed E-state index contributed by atoms with van der Waals surface area (Å²) < 4.78 is 9.46. The van der Waals surface area contributed by atoms with Gasteiger partial charge in [-0.25, -0.2) is 0 Å². The van der Waals surface area contributed by atoms with Crippen molar-refractivity contribution in [3.8, 4) is 5.75 Å². The predicted octanol–water partition coefficient (Wildman–Crippen LogP) is 3.86. The van der Waals surface area contributed by atoms with Gasteiger partial charge in [-0.15, -0.1) is 18.3 Å². The second kappa shape index (κ2) is 11.5. The SMILES string of the molecule is C=CCN(C(=O)C1N([C@@H](CO)Cc2ccccc2)C(=O)[C@@H]2[C@H](C(=O)OCC)[C@]3(C)CCC12S3)c1ccc(OC)cc1. The highest BCUT2D eigenvalue weighted by Crippen LogP contribution is 2.71. The lowest BCUT2D eigenvalue weighted by Crippen LogP contribution is -2.58. The van der Waals surface area contributed by atoms with Crippen LogP contribution in [0.4, 0.5) is 5.69 Å². The maximum absolute atomic E-state index is 14.8. The van der Waals surface area contributed by atoms with Crippen molar-refractivity contribution in [2.45, 2.75) is 54.7 Å². The van der Waals surface area contributed by atoms with Gasteiger partial charge in [0.2, 0.25) is 5.91 Å². The normalized spacial score (nSPS) is 28.7. The summed E-state index contributed by atoms with van der Waals surface area (Å²) in [6.45, 7) is 7.79. The molecule has 3 heterocycles. The number of methoxy groups -OCH3 is 1. The molecule has 8 nitrogen and oxygen atoms in total. The van der Waals surface area contributed by atoms with Crippen LogP contribution in [0.25, 0.3) is 0 Å². The topological polar surface area (TPSA) is 96.4 Å². The van der Waals surface area contributed by atoms with Crippen molar-refractivity contribution in [1.82, 2.24) is 4.90 Å². The molecule has 0 aromatic heterocycles. The van der Waals surface area contributed by atoms with Gasteiger partial charge in [0.1, 0.15) is 11.8 Å². The highest BCUT2D eigenvalue weighted by molar-refractivity contribution is 8.02. The van der Waals surface area contributed by atoms with Gasteiger partial charge in [0, 0.05) is 17.0 Å². The van der Waals surface area contributed by atoms with Gasteiger partial charge in [-0.2, -0.15) is 0 Å². The van der Waals surface area contributed by atoms with Crippen LogP contribution < -0.4 is 9.64 Å². The molecule has 2 bridgehead atoms. The van der Waals surface area contributed by atoms with E-state index in [1.165, 1.54) is 0 Å². The number of fused-ring (bicyclic) bond motifs is 1. The zero-order valence-corrected chi connectivity index (χ0v) is 24.6. The molecule has 3 aliphatic heterocycles. The number of carbonyl (C=O) groups excluding carboxylic acids is 3. The quantitative estimate of drug-likeness (QED) is 0.320. The van der Waals surface area contributed by atoms with E-state index in [0.29, 0.717) is 30.7 Å². The molecule has 3 saturated heterocycles. The lowest BCUT2D eigenvalue weighted by atomic mass is 9.66. The first-order valence-electron chi connectivity index (χ1n) is 14.1. The van der Waals surface area contributed by atoms with Crippen molar-refractivity contribution in [3.63, 3.8) is 0 Å². The van der Waals surface area contributed by atoms with Crippen molar-refractivity contribution >= 4 is 35.2 Å². The number of carbonyl (C=O) groups is 3. The van der Waals surface area contributed by atoms with E-state index in [0.717, 1.165) is 5.56 Å². The summed E-state index contributed by atoms with van der Waals surface area (Å²) in [7, 11) is 1.58. The van der Waals surface area contributed by atoms with Crippen molar-refractivity contribution in [1.29, 1.82) is 0 Å². The number of aliphatic hydroxyl groups excluding tert-OH is 1. The van der Waals surface area contributed by atoms with Gasteiger partial charge in [-0.1, -0.05) is 36.4 Å². The third kappa shape index (κ3) is 4.83. The summed E-state index contributed by atoms with van der Waals surface area (Å²) in [6, 6.07) is 15.3. The first kappa shape index (κ1) is 29.2. The molecule has 9 heteroatoms. The van der Waals surface area contributed by atoms with Crippen molar-refractivity contribution in [3.05, 3.63) is 72.8 Å². The van der Waals surface area contributed by atoms with Gasteiger partial charge in [-0.05, 0) is 62.9 Å². The molecule has 41 heavy (non-hydrogen) atoms. The molecule has 3 aliphatic rings. The highest BCUT2D eigenvalue weighted by atomic mass is 32.2. The van der Waals surface area contributed by atoms with E-state index in [1.807, 2.05) is 49.4 Å². The Balaban J connectivity index is 1.62. The Morgan fingerprint density at radius 2 is 1.90 bits per heavy atom. The number of amides is 2. The monoisotopic (exact) mass is 578 g/mol. The van der Waals surface area contributed by atoms with Crippen LogP contribution >= 0.6 is 11.8 Å². The van der Waals surface area contributed by atoms with Crippen LogP contribution in [0.1, 0.15) is 32.3 Å². The standard InChI is InChI=1S/C32H38N2O6S/c1-5-18-33(22-12-14-24(39-4)15-13-22)29(37)27-32-17-16-31(3,41-32)26(30(38)40-6-2)25(32)28(36)34(27)23(20-35)19-21-10-8-7-9-11-21/h5,7-15,23,25-27,35H,1,6,16-20H2,2-4H3/t23-,25+,26-,27?,31+,32?/m1/s1. The fraction of sp³-hybridized carbons (Fsp3) is 0.469. The third-order valence-corrected chi connectivity index (χ3v) is 10.9. The van der Waals surface area contributed by atoms with E-state index in [-0.39, 0.29) is 31.6 Å². The second-order valence-electron chi connectivity index (χ2n) is 11.2. The zero-order valence-electron chi connectivity index (χ0n) is 23.8. The van der Waals surface area contributed by atoms with Crippen LogP contribution in [-0.4, -0.2) is 76.2 Å². The third-order valence-electron chi connectivity index (χ3n) is 8.87. The van der Waals surface area contributed by atoms with Crippen molar-refractivity contribution in [2.75, 3.05) is 31.8 Å². The van der Waals surface area contributed by atoms with Crippen LogP contribution in [0.3, 0.4) is 0 Å². The lowest BCUT2D eigenvalue weighted by Gasteiger charge is -2.39. The van der Waals surface area contributed by atoms with Crippen molar-refractivity contribution < 1.29 is 29.0 Å². The molecule has 2 amide bonds. The van der Waals surface area contributed by atoms with Crippen LogP contribution in [0, 0.1) is 11.8 Å². The summed E-state index contributed by atoms with van der Waals surface area (Å²) >= 11 is 1.59. The molecule has 3 fully saturated rings. The fourth-order valence-corrected chi connectivity index (χ4v) is 9.45. The summed E-state index contributed by atoms with van der Waals surface area (Å²) in [6.07, 6.45) is 3.34. The molecule has 0 aliphatic carbocycles. The molecule has 2 aromatic rings. The number of hydrogen-bond acceptors (Lipinski definition) is 7. The Bertz CT molecular complexity index is 1300. The smallest absolute Gasteiger partial charge is 0.311 e.